The Morgan fingerprint density at radius 2 is 2.08 bits per heavy atom. The second-order valence-electron chi connectivity index (χ2n) is 6.38. The first kappa shape index (κ1) is 18.2. The highest BCUT2D eigenvalue weighted by Crippen LogP contribution is 2.21. The number of piperidine rings is 1. The van der Waals surface area contributed by atoms with E-state index >= 15 is 0 Å². The first-order chi connectivity index (χ1) is 11.9. The van der Waals surface area contributed by atoms with Gasteiger partial charge in [0.05, 0.1) is 15.7 Å². The Balaban J connectivity index is 1.52. The zero-order valence-electron chi connectivity index (χ0n) is 14.3. The summed E-state index contributed by atoms with van der Waals surface area (Å²) >= 11 is 1.51. The molecule has 0 radical (unpaired) electrons. The van der Waals surface area contributed by atoms with E-state index < -0.39 is 10.2 Å². The molecule has 0 spiro atoms. The normalized spacial score (nSPS) is 17.2. The number of carbonyl (C=O) groups excluding carboxylic acids is 1. The SMILES string of the molecule is CN(C)S(=O)(=O)N1CCC(CNC(=O)c2ccc3ncsc3c2)CC1. The molecule has 25 heavy (non-hydrogen) atoms. The summed E-state index contributed by atoms with van der Waals surface area (Å²) in [5.74, 6) is 0.198. The van der Waals surface area contributed by atoms with E-state index in [9.17, 15) is 13.2 Å². The van der Waals surface area contributed by atoms with Crippen molar-refractivity contribution in [2.75, 3.05) is 33.7 Å². The highest BCUT2D eigenvalue weighted by Gasteiger charge is 2.29. The van der Waals surface area contributed by atoms with Crippen molar-refractivity contribution < 1.29 is 13.2 Å². The minimum absolute atomic E-state index is 0.0985. The second-order valence-corrected chi connectivity index (χ2v) is 9.41. The van der Waals surface area contributed by atoms with Crippen molar-refractivity contribution in [2.45, 2.75) is 12.8 Å². The summed E-state index contributed by atoms with van der Waals surface area (Å²) in [6.45, 7) is 1.55. The number of amides is 1. The summed E-state index contributed by atoms with van der Waals surface area (Å²) in [7, 11) is -0.252. The Bertz CT molecular complexity index is 855. The maximum Gasteiger partial charge on any atom is 0.281 e. The number of aromatic nitrogens is 1. The third-order valence-corrected chi connectivity index (χ3v) is 7.24. The van der Waals surface area contributed by atoms with E-state index in [1.807, 2.05) is 12.1 Å². The first-order valence-electron chi connectivity index (χ1n) is 8.17. The highest BCUT2D eigenvalue weighted by atomic mass is 32.2. The molecule has 2 heterocycles. The number of thiazole rings is 1. The molecule has 0 aliphatic carbocycles. The molecule has 2 aromatic rings. The van der Waals surface area contributed by atoms with Crippen LogP contribution in [-0.2, 0) is 10.2 Å². The minimum Gasteiger partial charge on any atom is -0.352 e. The van der Waals surface area contributed by atoms with Crippen LogP contribution in [0, 0.1) is 5.92 Å². The van der Waals surface area contributed by atoms with E-state index in [4.69, 9.17) is 0 Å². The quantitative estimate of drug-likeness (QED) is 0.850. The van der Waals surface area contributed by atoms with Gasteiger partial charge in [-0.1, -0.05) is 0 Å². The Labute approximate surface area is 151 Å². The van der Waals surface area contributed by atoms with Crippen molar-refractivity contribution in [1.82, 2.24) is 18.9 Å². The molecule has 1 N–H and O–H groups in total. The lowest BCUT2D eigenvalue weighted by molar-refractivity contribution is 0.0941. The zero-order valence-corrected chi connectivity index (χ0v) is 15.9. The number of fused-ring (bicyclic) bond motifs is 1. The average Bonchev–Trinajstić information content (AvgIpc) is 3.07. The van der Waals surface area contributed by atoms with Gasteiger partial charge in [-0.3, -0.25) is 4.79 Å². The van der Waals surface area contributed by atoms with Crippen LogP contribution in [0.1, 0.15) is 23.2 Å². The van der Waals surface area contributed by atoms with E-state index in [0.717, 1.165) is 23.1 Å². The Kier molecular flexibility index (Phi) is 5.38. The van der Waals surface area contributed by atoms with Crippen molar-refractivity contribution in [1.29, 1.82) is 0 Å². The van der Waals surface area contributed by atoms with E-state index in [0.29, 0.717) is 31.1 Å². The van der Waals surface area contributed by atoms with Crippen LogP contribution in [0.3, 0.4) is 0 Å². The van der Waals surface area contributed by atoms with Gasteiger partial charge in [-0.25, -0.2) is 4.98 Å². The van der Waals surface area contributed by atoms with Crippen LogP contribution in [0.25, 0.3) is 10.2 Å². The number of nitrogens with one attached hydrogen (secondary N) is 1. The fourth-order valence-electron chi connectivity index (χ4n) is 2.91. The number of hydrogen-bond donors (Lipinski definition) is 1. The van der Waals surface area contributed by atoms with Crippen molar-refractivity contribution in [3.8, 4) is 0 Å². The molecule has 0 bridgehead atoms. The van der Waals surface area contributed by atoms with Gasteiger partial charge in [0.15, 0.2) is 0 Å². The van der Waals surface area contributed by atoms with Crippen molar-refractivity contribution in [2.24, 2.45) is 5.92 Å². The molecule has 1 aliphatic rings. The zero-order chi connectivity index (χ0) is 18.0. The summed E-state index contributed by atoms with van der Waals surface area (Å²) in [4.78, 5) is 16.5. The number of benzene rings is 1. The topological polar surface area (TPSA) is 82.6 Å². The van der Waals surface area contributed by atoms with Gasteiger partial charge < -0.3 is 5.32 Å². The van der Waals surface area contributed by atoms with Gasteiger partial charge in [0, 0.05) is 39.3 Å². The summed E-state index contributed by atoms with van der Waals surface area (Å²) in [5.41, 5.74) is 3.29. The maximum atomic E-state index is 12.3. The van der Waals surface area contributed by atoms with Crippen molar-refractivity contribution in [3.05, 3.63) is 29.3 Å². The standard InChI is InChI=1S/C16H22N4O3S2/c1-19(2)25(22,23)20-7-5-12(6-8-20)10-17-16(21)13-3-4-14-15(9-13)24-11-18-14/h3-4,9,11-12H,5-8,10H2,1-2H3,(H,17,21). The molecular formula is C16H22N4O3S2. The molecule has 7 nitrogen and oxygen atoms in total. The lowest BCUT2D eigenvalue weighted by Gasteiger charge is -2.32. The Morgan fingerprint density at radius 3 is 2.76 bits per heavy atom. The molecule has 1 fully saturated rings. The fourth-order valence-corrected chi connectivity index (χ4v) is 4.76. The van der Waals surface area contributed by atoms with Crippen LogP contribution in [0.4, 0.5) is 0 Å². The van der Waals surface area contributed by atoms with Gasteiger partial charge in [-0.15, -0.1) is 11.3 Å². The van der Waals surface area contributed by atoms with Gasteiger partial charge in [0.1, 0.15) is 0 Å². The molecule has 1 aromatic carbocycles. The monoisotopic (exact) mass is 382 g/mol. The second kappa shape index (κ2) is 7.36. The molecule has 1 amide bonds. The third kappa shape index (κ3) is 4.00. The molecule has 0 saturated carbocycles. The Morgan fingerprint density at radius 1 is 1.36 bits per heavy atom. The summed E-state index contributed by atoms with van der Waals surface area (Å²) < 4.78 is 28.0. The predicted octanol–water partition coefficient (Wildman–Crippen LogP) is 1.54. The molecule has 136 valence electrons. The van der Waals surface area contributed by atoms with Crippen LogP contribution >= 0.6 is 11.3 Å². The molecule has 3 rings (SSSR count). The Hall–Kier alpha value is -1.55. The maximum absolute atomic E-state index is 12.3. The van der Waals surface area contributed by atoms with Crippen LogP contribution < -0.4 is 5.32 Å². The number of carbonyl (C=O) groups is 1. The summed E-state index contributed by atoms with van der Waals surface area (Å²) in [6.07, 6.45) is 1.50. The van der Waals surface area contributed by atoms with Crippen LogP contribution in [0.5, 0.6) is 0 Å². The lowest BCUT2D eigenvalue weighted by Crippen LogP contribution is -2.45. The summed E-state index contributed by atoms with van der Waals surface area (Å²) in [5, 5.41) is 2.97. The van der Waals surface area contributed by atoms with Gasteiger partial charge >= 0.3 is 0 Å². The predicted molar refractivity (Wildman–Crippen MR) is 98.9 cm³/mol. The minimum atomic E-state index is -3.34. The van der Waals surface area contributed by atoms with E-state index in [1.54, 1.807) is 25.7 Å². The van der Waals surface area contributed by atoms with Gasteiger partial charge in [-0.05, 0) is 37.0 Å². The average molecular weight is 383 g/mol. The van der Waals surface area contributed by atoms with Crippen molar-refractivity contribution in [3.63, 3.8) is 0 Å². The van der Waals surface area contributed by atoms with Crippen molar-refractivity contribution >= 4 is 37.7 Å². The van der Waals surface area contributed by atoms with E-state index in [1.165, 1.54) is 19.9 Å². The lowest BCUT2D eigenvalue weighted by atomic mass is 9.98. The summed E-state index contributed by atoms with van der Waals surface area (Å²) in [6, 6.07) is 5.49. The van der Waals surface area contributed by atoms with Crippen LogP contribution in [0.15, 0.2) is 23.7 Å². The highest BCUT2D eigenvalue weighted by molar-refractivity contribution is 7.86. The van der Waals surface area contributed by atoms with Gasteiger partial charge in [0.2, 0.25) is 0 Å². The fraction of sp³-hybridized carbons (Fsp3) is 0.500. The largest absolute Gasteiger partial charge is 0.352 e. The van der Waals surface area contributed by atoms with E-state index in [-0.39, 0.29) is 5.91 Å². The number of nitrogens with zero attached hydrogens (tertiary/aromatic N) is 3. The molecule has 1 aliphatic heterocycles. The van der Waals surface area contributed by atoms with E-state index in [2.05, 4.69) is 10.3 Å². The molecule has 1 saturated heterocycles. The number of rotatable bonds is 5. The van der Waals surface area contributed by atoms with Crippen LogP contribution in [-0.4, -0.2) is 61.6 Å². The first-order valence-corrected chi connectivity index (χ1v) is 10.4. The van der Waals surface area contributed by atoms with Crippen LogP contribution in [0.2, 0.25) is 0 Å². The molecule has 1 aromatic heterocycles. The third-order valence-electron chi connectivity index (χ3n) is 4.51. The molecule has 9 heteroatoms. The molecular weight excluding hydrogens is 360 g/mol. The number of hydrogen-bond acceptors (Lipinski definition) is 5. The smallest absolute Gasteiger partial charge is 0.281 e. The molecule has 0 atom stereocenters. The molecule has 0 unspecified atom stereocenters. The van der Waals surface area contributed by atoms with Gasteiger partial charge in [0.25, 0.3) is 16.1 Å². The van der Waals surface area contributed by atoms with Gasteiger partial charge in [-0.2, -0.15) is 17.0 Å².